The van der Waals surface area contributed by atoms with Crippen LogP contribution in [0.2, 0.25) is 5.02 Å². The number of aliphatic hydroxyl groups is 1. The number of hydrogen-bond donors (Lipinski definition) is 1. The standard InChI is InChI=1S/C20H21ClN4O3/c1-12-8-18(27)25(11-13-5-6-16(28-2)15(21)9-13)19-14(12)10-22-20(23-19)24-7-3-4-17(24)26/h5-6,8-10,17,26H,3-4,7,11H2,1-2H3. The van der Waals surface area contributed by atoms with Crippen molar-refractivity contribution in [3.8, 4) is 5.75 Å². The third-order valence-electron chi connectivity index (χ3n) is 5.08. The molecule has 0 bridgehead atoms. The third-order valence-corrected chi connectivity index (χ3v) is 5.37. The fourth-order valence-corrected chi connectivity index (χ4v) is 3.84. The largest absolute Gasteiger partial charge is 0.495 e. The van der Waals surface area contributed by atoms with Crippen molar-refractivity contribution in [3.05, 3.63) is 57.0 Å². The predicted octanol–water partition coefficient (Wildman–Crippen LogP) is 2.73. The van der Waals surface area contributed by atoms with Crippen LogP contribution in [-0.4, -0.2) is 39.5 Å². The van der Waals surface area contributed by atoms with Gasteiger partial charge in [0.15, 0.2) is 0 Å². The monoisotopic (exact) mass is 400 g/mol. The molecule has 2 aromatic heterocycles. The summed E-state index contributed by atoms with van der Waals surface area (Å²) in [6, 6.07) is 7.02. The number of aryl methyl sites for hydroxylation is 1. The molecule has 1 aliphatic rings. The molecule has 4 rings (SSSR count). The Bertz CT molecular complexity index is 1100. The second-order valence-electron chi connectivity index (χ2n) is 6.94. The quantitative estimate of drug-likeness (QED) is 0.725. The minimum absolute atomic E-state index is 0.149. The fraction of sp³-hybridized carbons (Fsp3) is 0.350. The second-order valence-corrected chi connectivity index (χ2v) is 7.35. The van der Waals surface area contributed by atoms with Crippen LogP contribution in [0.15, 0.2) is 35.3 Å². The van der Waals surface area contributed by atoms with Crippen molar-refractivity contribution < 1.29 is 9.84 Å². The molecule has 1 N–H and O–H groups in total. The Kier molecular flexibility index (Phi) is 4.95. The van der Waals surface area contributed by atoms with Gasteiger partial charge in [0.05, 0.1) is 18.7 Å². The molecule has 3 heterocycles. The highest BCUT2D eigenvalue weighted by Gasteiger charge is 2.25. The predicted molar refractivity (Wildman–Crippen MR) is 108 cm³/mol. The minimum atomic E-state index is -0.595. The topological polar surface area (TPSA) is 80.5 Å². The van der Waals surface area contributed by atoms with Crippen LogP contribution in [0.5, 0.6) is 5.75 Å². The number of fused-ring (bicyclic) bond motifs is 1. The van der Waals surface area contributed by atoms with Crippen molar-refractivity contribution in [2.24, 2.45) is 0 Å². The molecule has 0 aliphatic carbocycles. The molecule has 1 aromatic carbocycles. The zero-order chi connectivity index (χ0) is 19.8. The van der Waals surface area contributed by atoms with E-state index in [1.807, 2.05) is 13.0 Å². The first kappa shape index (κ1) is 18.7. The maximum absolute atomic E-state index is 12.7. The summed E-state index contributed by atoms with van der Waals surface area (Å²) in [7, 11) is 1.56. The fourth-order valence-electron chi connectivity index (χ4n) is 3.56. The van der Waals surface area contributed by atoms with Gasteiger partial charge in [0, 0.05) is 24.2 Å². The lowest BCUT2D eigenvalue weighted by atomic mass is 10.1. The van der Waals surface area contributed by atoms with Crippen molar-refractivity contribution >= 4 is 28.6 Å². The van der Waals surface area contributed by atoms with E-state index < -0.39 is 6.23 Å². The Morgan fingerprint density at radius 2 is 2.18 bits per heavy atom. The van der Waals surface area contributed by atoms with Crippen LogP contribution in [0.4, 0.5) is 5.95 Å². The second kappa shape index (κ2) is 7.41. The van der Waals surface area contributed by atoms with E-state index in [0.29, 0.717) is 41.9 Å². The van der Waals surface area contributed by atoms with Crippen molar-refractivity contribution in [1.29, 1.82) is 0 Å². The summed E-state index contributed by atoms with van der Waals surface area (Å²) in [6.45, 7) is 2.88. The van der Waals surface area contributed by atoms with Crippen molar-refractivity contribution in [3.63, 3.8) is 0 Å². The van der Waals surface area contributed by atoms with Crippen LogP contribution in [0.1, 0.15) is 24.0 Å². The van der Waals surface area contributed by atoms with Gasteiger partial charge in [0.2, 0.25) is 5.95 Å². The van der Waals surface area contributed by atoms with Crippen molar-refractivity contribution in [1.82, 2.24) is 14.5 Å². The number of nitrogens with zero attached hydrogens (tertiary/aromatic N) is 4. The number of halogens is 1. The first-order chi connectivity index (χ1) is 13.5. The van der Waals surface area contributed by atoms with Crippen molar-refractivity contribution in [2.75, 3.05) is 18.6 Å². The number of ether oxygens (including phenoxy) is 1. The maximum atomic E-state index is 12.7. The van der Waals surface area contributed by atoms with Gasteiger partial charge in [-0.25, -0.2) is 4.98 Å². The summed E-state index contributed by atoms with van der Waals surface area (Å²) < 4.78 is 6.80. The summed E-state index contributed by atoms with van der Waals surface area (Å²) in [6.07, 6.45) is 2.69. The normalized spacial score (nSPS) is 16.7. The van der Waals surface area contributed by atoms with E-state index in [-0.39, 0.29) is 5.56 Å². The number of pyridine rings is 1. The average Bonchev–Trinajstić information content (AvgIpc) is 3.11. The molecule has 1 aliphatic heterocycles. The zero-order valence-corrected chi connectivity index (χ0v) is 16.5. The molecule has 7 nitrogen and oxygen atoms in total. The van der Waals surface area contributed by atoms with E-state index in [0.717, 1.165) is 22.9 Å². The van der Waals surface area contributed by atoms with Crippen molar-refractivity contribution in [2.45, 2.75) is 32.5 Å². The Morgan fingerprint density at radius 1 is 1.36 bits per heavy atom. The number of aliphatic hydroxyl groups excluding tert-OH is 1. The molecular weight excluding hydrogens is 380 g/mol. The Balaban J connectivity index is 1.82. The van der Waals surface area contributed by atoms with Crippen LogP contribution in [0, 0.1) is 6.92 Å². The molecule has 1 fully saturated rings. The molecular formula is C20H21ClN4O3. The molecule has 0 spiro atoms. The molecule has 0 saturated carbocycles. The molecule has 1 unspecified atom stereocenters. The Hall–Kier alpha value is -2.64. The number of benzene rings is 1. The lowest BCUT2D eigenvalue weighted by Crippen LogP contribution is -2.31. The van der Waals surface area contributed by atoms with E-state index in [4.69, 9.17) is 16.3 Å². The van der Waals surface area contributed by atoms with E-state index in [9.17, 15) is 9.90 Å². The molecule has 0 radical (unpaired) electrons. The zero-order valence-electron chi connectivity index (χ0n) is 15.7. The molecule has 146 valence electrons. The Labute approximate surface area is 167 Å². The average molecular weight is 401 g/mol. The van der Waals surface area contributed by atoms with Crippen LogP contribution in [0.3, 0.4) is 0 Å². The van der Waals surface area contributed by atoms with Crippen LogP contribution in [0.25, 0.3) is 11.0 Å². The number of rotatable bonds is 4. The number of hydrogen-bond acceptors (Lipinski definition) is 6. The summed E-state index contributed by atoms with van der Waals surface area (Å²) in [4.78, 5) is 23.6. The van der Waals surface area contributed by atoms with E-state index in [2.05, 4.69) is 9.97 Å². The van der Waals surface area contributed by atoms with Gasteiger partial charge in [-0.15, -0.1) is 0 Å². The van der Waals surface area contributed by atoms with Gasteiger partial charge in [0.1, 0.15) is 17.6 Å². The van der Waals surface area contributed by atoms with Crippen LogP contribution in [-0.2, 0) is 6.54 Å². The highest BCUT2D eigenvalue weighted by Crippen LogP contribution is 2.26. The summed E-state index contributed by atoms with van der Waals surface area (Å²) in [5.74, 6) is 1.02. The molecule has 1 atom stereocenters. The van der Waals surface area contributed by atoms with Gasteiger partial charge in [0.25, 0.3) is 5.56 Å². The first-order valence-electron chi connectivity index (χ1n) is 9.12. The molecule has 3 aromatic rings. The molecule has 8 heteroatoms. The SMILES string of the molecule is COc1ccc(Cn2c(=O)cc(C)c3cnc(N4CCCC4O)nc32)cc1Cl. The summed E-state index contributed by atoms with van der Waals surface area (Å²) >= 11 is 6.23. The van der Waals surface area contributed by atoms with Crippen LogP contribution < -0.4 is 15.2 Å². The van der Waals surface area contributed by atoms with E-state index in [1.54, 1.807) is 41.0 Å². The van der Waals surface area contributed by atoms with E-state index in [1.165, 1.54) is 0 Å². The number of anilines is 1. The minimum Gasteiger partial charge on any atom is -0.495 e. The smallest absolute Gasteiger partial charge is 0.252 e. The van der Waals surface area contributed by atoms with Gasteiger partial charge in [-0.1, -0.05) is 17.7 Å². The molecule has 28 heavy (non-hydrogen) atoms. The molecule has 1 saturated heterocycles. The van der Waals surface area contributed by atoms with E-state index >= 15 is 0 Å². The number of aromatic nitrogens is 3. The highest BCUT2D eigenvalue weighted by molar-refractivity contribution is 6.32. The van der Waals surface area contributed by atoms with Gasteiger partial charge >= 0.3 is 0 Å². The number of methoxy groups -OCH3 is 1. The Morgan fingerprint density at radius 3 is 2.86 bits per heavy atom. The van der Waals surface area contributed by atoms with Gasteiger partial charge in [-0.05, 0) is 43.0 Å². The third kappa shape index (κ3) is 3.31. The molecule has 0 amide bonds. The lowest BCUT2D eigenvalue weighted by Gasteiger charge is -2.21. The summed E-state index contributed by atoms with van der Waals surface area (Å²) in [5, 5.41) is 11.4. The maximum Gasteiger partial charge on any atom is 0.252 e. The van der Waals surface area contributed by atoms with Gasteiger partial charge in [-0.2, -0.15) is 4.98 Å². The van der Waals surface area contributed by atoms with Gasteiger partial charge < -0.3 is 14.7 Å². The summed E-state index contributed by atoms with van der Waals surface area (Å²) in [5.41, 5.74) is 2.07. The lowest BCUT2D eigenvalue weighted by molar-refractivity contribution is 0.184. The highest BCUT2D eigenvalue weighted by atomic mass is 35.5. The van der Waals surface area contributed by atoms with Gasteiger partial charge in [-0.3, -0.25) is 9.36 Å². The van der Waals surface area contributed by atoms with Crippen LogP contribution >= 0.6 is 11.6 Å². The first-order valence-corrected chi connectivity index (χ1v) is 9.50.